The molecule has 1 aromatic heterocycles. The summed E-state index contributed by atoms with van der Waals surface area (Å²) in [6.07, 6.45) is 1.55. The summed E-state index contributed by atoms with van der Waals surface area (Å²) in [6.45, 7) is 2.81. The molecule has 23 heavy (non-hydrogen) atoms. The summed E-state index contributed by atoms with van der Waals surface area (Å²) in [4.78, 5) is 8.52. The zero-order valence-corrected chi connectivity index (χ0v) is 14.3. The Labute approximate surface area is 144 Å². The number of aromatic nitrogens is 2. The van der Waals surface area contributed by atoms with E-state index in [0.717, 1.165) is 28.3 Å². The molecule has 3 rings (SSSR count). The fourth-order valence-corrected chi connectivity index (χ4v) is 2.51. The van der Waals surface area contributed by atoms with Gasteiger partial charge in [0.1, 0.15) is 18.0 Å². The van der Waals surface area contributed by atoms with E-state index in [4.69, 9.17) is 0 Å². The number of aryl methyl sites for hydroxylation is 1. The summed E-state index contributed by atoms with van der Waals surface area (Å²) in [5, 5.41) is 6.60. The SMILES string of the molecule is Cc1ccc(CNc2cc(Nc3ccccc3Br)ncn2)cc1. The van der Waals surface area contributed by atoms with E-state index in [0.29, 0.717) is 0 Å². The molecule has 0 saturated carbocycles. The van der Waals surface area contributed by atoms with Crippen molar-refractivity contribution >= 4 is 33.3 Å². The fourth-order valence-electron chi connectivity index (χ4n) is 2.12. The van der Waals surface area contributed by atoms with Gasteiger partial charge in [-0.2, -0.15) is 0 Å². The first-order valence-electron chi connectivity index (χ1n) is 7.34. The lowest BCUT2D eigenvalue weighted by molar-refractivity contribution is 1.08. The molecule has 2 N–H and O–H groups in total. The van der Waals surface area contributed by atoms with Crippen LogP contribution in [0.15, 0.2) is 65.4 Å². The highest BCUT2D eigenvalue weighted by Crippen LogP contribution is 2.24. The molecule has 0 bridgehead atoms. The molecule has 0 spiro atoms. The van der Waals surface area contributed by atoms with Crippen molar-refractivity contribution in [2.45, 2.75) is 13.5 Å². The number of halogens is 1. The Morgan fingerprint density at radius 2 is 1.70 bits per heavy atom. The minimum atomic E-state index is 0.728. The van der Waals surface area contributed by atoms with Crippen molar-refractivity contribution in [3.05, 3.63) is 76.5 Å². The Morgan fingerprint density at radius 1 is 0.957 bits per heavy atom. The van der Waals surface area contributed by atoms with Crippen molar-refractivity contribution in [1.82, 2.24) is 9.97 Å². The van der Waals surface area contributed by atoms with Crippen LogP contribution in [-0.2, 0) is 6.54 Å². The molecule has 116 valence electrons. The van der Waals surface area contributed by atoms with Crippen molar-refractivity contribution in [3.63, 3.8) is 0 Å². The molecule has 0 aliphatic heterocycles. The van der Waals surface area contributed by atoms with Gasteiger partial charge in [-0.05, 0) is 40.5 Å². The largest absolute Gasteiger partial charge is 0.366 e. The number of para-hydroxylation sites is 1. The number of nitrogens with one attached hydrogen (secondary N) is 2. The van der Waals surface area contributed by atoms with E-state index in [1.165, 1.54) is 11.1 Å². The normalized spacial score (nSPS) is 10.3. The number of hydrogen-bond donors (Lipinski definition) is 2. The standard InChI is InChI=1S/C18H17BrN4/c1-13-6-8-14(9-7-13)11-20-17-10-18(22-12-21-17)23-16-5-3-2-4-15(16)19/h2-10,12H,11H2,1H3,(H2,20,21,22,23). The smallest absolute Gasteiger partial charge is 0.135 e. The lowest BCUT2D eigenvalue weighted by Gasteiger charge is -2.10. The maximum Gasteiger partial charge on any atom is 0.135 e. The lowest BCUT2D eigenvalue weighted by Crippen LogP contribution is -2.03. The molecular weight excluding hydrogens is 352 g/mol. The number of hydrogen-bond acceptors (Lipinski definition) is 4. The van der Waals surface area contributed by atoms with Crippen LogP contribution in [0.2, 0.25) is 0 Å². The summed E-state index contributed by atoms with van der Waals surface area (Å²) >= 11 is 3.52. The molecule has 0 radical (unpaired) electrons. The Balaban J connectivity index is 1.67. The van der Waals surface area contributed by atoms with E-state index < -0.39 is 0 Å². The van der Waals surface area contributed by atoms with E-state index in [9.17, 15) is 0 Å². The van der Waals surface area contributed by atoms with Crippen LogP contribution in [-0.4, -0.2) is 9.97 Å². The molecule has 0 unspecified atom stereocenters. The third-order valence-corrected chi connectivity index (χ3v) is 4.09. The summed E-state index contributed by atoms with van der Waals surface area (Å²) in [5.74, 6) is 1.54. The van der Waals surface area contributed by atoms with Gasteiger partial charge in [0.25, 0.3) is 0 Å². The van der Waals surface area contributed by atoms with Crippen LogP contribution in [0, 0.1) is 6.92 Å². The maximum atomic E-state index is 4.26. The molecule has 0 amide bonds. The fraction of sp³-hybridized carbons (Fsp3) is 0.111. The monoisotopic (exact) mass is 368 g/mol. The number of rotatable bonds is 5. The van der Waals surface area contributed by atoms with E-state index in [1.807, 2.05) is 30.3 Å². The minimum absolute atomic E-state index is 0.728. The molecule has 3 aromatic rings. The van der Waals surface area contributed by atoms with Gasteiger partial charge in [0.05, 0.1) is 5.69 Å². The zero-order chi connectivity index (χ0) is 16.1. The van der Waals surface area contributed by atoms with Gasteiger partial charge in [-0.3, -0.25) is 0 Å². The van der Waals surface area contributed by atoms with Crippen molar-refractivity contribution in [1.29, 1.82) is 0 Å². The van der Waals surface area contributed by atoms with Crippen LogP contribution in [0.25, 0.3) is 0 Å². The Hall–Kier alpha value is -2.40. The van der Waals surface area contributed by atoms with Gasteiger partial charge in [-0.1, -0.05) is 42.0 Å². The van der Waals surface area contributed by atoms with Crippen LogP contribution in [0.3, 0.4) is 0 Å². The lowest BCUT2D eigenvalue weighted by atomic mass is 10.1. The van der Waals surface area contributed by atoms with Gasteiger partial charge in [0, 0.05) is 17.1 Å². The summed E-state index contributed by atoms with van der Waals surface area (Å²) < 4.78 is 0.993. The first kappa shape index (κ1) is 15.5. The van der Waals surface area contributed by atoms with E-state index in [2.05, 4.69) is 67.7 Å². The zero-order valence-electron chi connectivity index (χ0n) is 12.8. The molecule has 5 heteroatoms. The molecular formula is C18H17BrN4. The van der Waals surface area contributed by atoms with Crippen molar-refractivity contribution in [3.8, 4) is 0 Å². The molecule has 0 saturated heterocycles. The predicted octanol–water partition coefficient (Wildman–Crippen LogP) is 4.90. The van der Waals surface area contributed by atoms with Crippen molar-refractivity contribution in [2.24, 2.45) is 0 Å². The summed E-state index contributed by atoms with van der Waals surface area (Å²) in [5.41, 5.74) is 3.45. The van der Waals surface area contributed by atoms with Crippen molar-refractivity contribution < 1.29 is 0 Å². The highest BCUT2D eigenvalue weighted by molar-refractivity contribution is 9.10. The van der Waals surface area contributed by atoms with Crippen LogP contribution in [0.1, 0.15) is 11.1 Å². The first-order chi connectivity index (χ1) is 11.2. The van der Waals surface area contributed by atoms with E-state index in [1.54, 1.807) is 6.33 Å². The molecule has 0 fully saturated rings. The highest BCUT2D eigenvalue weighted by atomic mass is 79.9. The van der Waals surface area contributed by atoms with Crippen LogP contribution in [0.5, 0.6) is 0 Å². The van der Waals surface area contributed by atoms with Gasteiger partial charge in [-0.15, -0.1) is 0 Å². The van der Waals surface area contributed by atoms with Crippen LogP contribution in [0.4, 0.5) is 17.3 Å². The van der Waals surface area contributed by atoms with Crippen LogP contribution >= 0.6 is 15.9 Å². The van der Waals surface area contributed by atoms with Gasteiger partial charge >= 0.3 is 0 Å². The molecule has 0 aliphatic rings. The first-order valence-corrected chi connectivity index (χ1v) is 8.13. The molecule has 2 aromatic carbocycles. The highest BCUT2D eigenvalue weighted by Gasteiger charge is 2.02. The summed E-state index contributed by atoms with van der Waals surface area (Å²) in [6, 6.07) is 18.3. The Bertz CT molecular complexity index is 787. The third-order valence-electron chi connectivity index (χ3n) is 3.40. The van der Waals surface area contributed by atoms with E-state index >= 15 is 0 Å². The van der Waals surface area contributed by atoms with E-state index in [-0.39, 0.29) is 0 Å². The van der Waals surface area contributed by atoms with Crippen LogP contribution < -0.4 is 10.6 Å². The number of anilines is 3. The second-order valence-corrected chi connectivity index (χ2v) is 6.09. The topological polar surface area (TPSA) is 49.8 Å². The van der Waals surface area contributed by atoms with Gasteiger partial charge < -0.3 is 10.6 Å². The average Bonchev–Trinajstić information content (AvgIpc) is 2.57. The predicted molar refractivity (Wildman–Crippen MR) is 98.0 cm³/mol. The summed E-state index contributed by atoms with van der Waals surface area (Å²) in [7, 11) is 0. The van der Waals surface area contributed by atoms with Gasteiger partial charge in [0.2, 0.25) is 0 Å². The van der Waals surface area contributed by atoms with Gasteiger partial charge in [-0.25, -0.2) is 9.97 Å². The average molecular weight is 369 g/mol. The maximum absolute atomic E-state index is 4.26. The Kier molecular flexibility index (Phi) is 4.88. The van der Waals surface area contributed by atoms with Gasteiger partial charge in [0.15, 0.2) is 0 Å². The van der Waals surface area contributed by atoms with Crippen molar-refractivity contribution in [2.75, 3.05) is 10.6 Å². The Morgan fingerprint density at radius 3 is 2.48 bits per heavy atom. The third kappa shape index (κ3) is 4.29. The molecule has 4 nitrogen and oxygen atoms in total. The number of benzene rings is 2. The molecule has 1 heterocycles. The second-order valence-electron chi connectivity index (χ2n) is 5.23. The minimum Gasteiger partial charge on any atom is -0.366 e. The molecule has 0 aliphatic carbocycles. The number of nitrogens with zero attached hydrogens (tertiary/aromatic N) is 2. The quantitative estimate of drug-likeness (QED) is 0.672. The molecule has 0 atom stereocenters. The second kappa shape index (κ2) is 7.24.